The first-order valence-electron chi connectivity index (χ1n) is 8.66. The summed E-state index contributed by atoms with van der Waals surface area (Å²) < 4.78 is 0.989. The van der Waals surface area contributed by atoms with Crippen molar-refractivity contribution in [1.29, 1.82) is 5.26 Å². The molecule has 0 radical (unpaired) electrons. The van der Waals surface area contributed by atoms with Crippen molar-refractivity contribution in [3.63, 3.8) is 0 Å². The molecule has 0 aliphatic heterocycles. The zero-order chi connectivity index (χ0) is 20.4. The van der Waals surface area contributed by atoms with Crippen molar-refractivity contribution in [3.8, 4) is 6.07 Å². The molecule has 1 unspecified atom stereocenters. The number of carboxylic acids is 1. The van der Waals surface area contributed by atoms with Crippen molar-refractivity contribution < 1.29 is 14.7 Å². The lowest BCUT2D eigenvalue weighted by atomic mass is 10.0. The molecular weight excluding hydrogens is 394 g/mol. The summed E-state index contributed by atoms with van der Waals surface area (Å²) in [7, 11) is 0. The third kappa shape index (κ3) is 3.72. The maximum absolute atomic E-state index is 13.1. The number of benzene rings is 1. The number of anilines is 2. The number of hydrogen-bond acceptors (Lipinski definition) is 7. The van der Waals surface area contributed by atoms with Gasteiger partial charge in [-0.25, -0.2) is 4.79 Å². The minimum absolute atomic E-state index is 0.0870. The number of carboxylic acid groups (broad SMARTS) is 1. The zero-order valence-electron chi connectivity index (χ0n) is 15.4. The predicted molar refractivity (Wildman–Crippen MR) is 113 cm³/mol. The second-order valence-corrected chi connectivity index (χ2v) is 8.73. The van der Waals surface area contributed by atoms with Crippen molar-refractivity contribution in [1.82, 2.24) is 0 Å². The Morgan fingerprint density at radius 1 is 1.32 bits per heavy atom. The number of carbonyl (C=O) groups is 2. The van der Waals surface area contributed by atoms with E-state index in [1.165, 1.54) is 11.3 Å². The first-order chi connectivity index (χ1) is 13.3. The molecule has 8 heteroatoms. The van der Waals surface area contributed by atoms with E-state index in [0.29, 0.717) is 17.0 Å². The fourth-order valence-electron chi connectivity index (χ4n) is 2.95. The summed E-state index contributed by atoms with van der Waals surface area (Å²) >= 11 is 2.50. The first kappa shape index (κ1) is 19.9. The highest BCUT2D eigenvalue weighted by atomic mass is 32.1. The lowest BCUT2D eigenvalue weighted by Crippen LogP contribution is -2.30. The van der Waals surface area contributed by atoms with Crippen LogP contribution in [-0.4, -0.2) is 22.9 Å². The monoisotopic (exact) mass is 413 g/mol. The molecule has 1 aromatic carbocycles. The summed E-state index contributed by atoms with van der Waals surface area (Å²) in [4.78, 5) is 24.9. The molecule has 2 aromatic heterocycles. The van der Waals surface area contributed by atoms with Gasteiger partial charge in [0.1, 0.15) is 27.6 Å². The highest BCUT2D eigenvalue weighted by molar-refractivity contribution is 7.20. The Kier molecular flexibility index (Phi) is 5.68. The number of nitrogen functional groups attached to an aromatic ring is 1. The standard InChI is InChI=1S/C20H19N3O3S2/c1-10(2)7-14(20(25)26)23-19-12(8-21)16(22)18(28-19)17(24)13-9-27-15-6-4-3-5-11(13)15/h3-6,9-10,14,23H,7,22H2,1-2H3,(H,25,26). The van der Waals surface area contributed by atoms with Gasteiger partial charge >= 0.3 is 5.97 Å². The molecule has 3 aromatic rings. The minimum Gasteiger partial charge on any atom is -0.480 e. The summed E-state index contributed by atoms with van der Waals surface area (Å²) in [5.41, 5.74) is 6.83. The van der Waals surface area contributed by atoms with E-state index < -0.39 is 12.0 Å². The van der Waals surface area contributed by atoms with Crippen molar-refractivity contribution in [2.45, 2.75) is 26.3 Å². The van der Waals surface area contributed by atoms with Crippen LogP contribution in [0.25, 0.3) is 10.1 Å². The van der Waals surface area contributed by atoms with Crippen LogP contribution >= 0.6 is 22.7 Å². The van der Waals surface area contributed by atoms with E-state index in [1.54, 1.807) is 5.38 Å². The number of fused-ring (bicyclic) bond motifs is 1. The van der Waals surface area contributed by atoms with Gasteiger partial charge in [0.15, 0.2) is 0 Å². The lowest BCUT2D eigenvalue weighted by Gasteiger charge is -2.16. The van der Waals surface area contributed by atoms with Crippen molar-refractivity contribution >= 4 is 55.2 Å². The second kappa shape index (κ2) is 8.00. The number of aliphatic carboxylic acids is 1. The fourth-order valence-corrected chi connectivity index (χ4v) is 4.97. The lowest BCUT2D eigenvalue weighted by molar-refractivity contribution is -0.138. The summed E-state index contributed by atoms with van der Waals surface area (Å²) in [5, 5.41) is 24.8. The van der Waals surface area contributed by atoms with Crippen molar-refractivity contribution in [2.24, 2.45) is 5.92 Å². The molecule has 144 valence electrons. The van der Waals surface area contributed by atoms with E-state index >= 15 is 0 Å². The number of hydrogen-bond donors (Lipinski definition) is 3. The third-order valence-corrected chi connectivity index (χ3v) is 6.40. The van der Waals surface area contributed by atoms with Gasteiger partial charge in [0.2, 0.25) is 5.78 Å². The molecule has 6 nitrogen and oxygen atoms in total. The summed E-state index contributed by atoms with van der Waals surface area (Å²) in [5.74, 6) is -1.13. The van der Waals surface area contributed by atoms with E-state index in [1.807, 2.05) is 44.2 Å². The highest BCUT2D eigenvalue weighted by Gasteiger charge is 2.27. The quantitative estimate of drug-likeness (QED) is 0.489. The number of nitrogens with two attached hydrogens (primary N) is 1. The van der Waals surface area contributed by atoms with Crippen LogP contribution in [0.3, 0.4) is 0 Å². The molecule has 3 rings (SSSR count). The molecule has 0 saturated heterocycles. The molecule has 0 aliphatic carbocycles. The Morgan fingerprint density at radius 2 is 2.04 bits per heavy atom. The molecule has 0 spiro atoms. The topological polar surface area (TPSA) is 116 Å². The number of nitrogens with zero attached hydrogens (tertiary/aromatic N) is 1. The normalized spacial score (nSPS) is 12.1. The maximum atomic E-state index is 13.1. The molecule has 28 heavy (non-hydrogen) atoms. The number of rotatable bonds is 7. The Hall–Kier alpha value is -2.89. The van der Waals surface area contributed by atoms with Gasteiger partial charge in [0.25, 0.3) is 0 Å². The number of thiophene rings is 2. The molecule has 4 N–H and O–H groups in total. The number of carbonyl (C=O) groups excluding carboxylic acids is 1. The minimum atomic E-state index is -1.01. The largest absolute Gasteiger partial charge is 0.480 e. The van der Waals surface area contributed by atoms with Crippen LogP contribution in [-0.2, 0) is 4.79 Å². The molecule has 0 saturated carbocycles. The van der Waals surface area contributed by atoms with Crippen LogP contribution in [0.2, 0.25) is 0 Å². The molecule has 0 bridgehead atoms. The smallest absolute Gasteiger partial charge is 0.326 e. The van der Waals surface area contributed by atoms with Gasteiger partial charge in [-0.1, -0.05) is 32.0 Å². The Labute approximate surface area is 170 Å². The average molecular weight is 414 g/mol. The SMILES string of the molecule is CC(C)CC(Nc1sc(C(=O)c2csc3ccccc23)c(N)c1C#N)C(=O)O. The maximum Gasteiger partial charge on any atom is 0.326 e. The van der Waals surface area contributed by atoms with E-state index in [4.69, 9.17) is 5.73 Å². The van der Waals surface area contributed by atoms with Gasteiger partial charge < -0.3 is 16.2 Å². The van der Waals surface area contributed by atoms with Crippen molar-refractivity contribution in [3.05, 3.63) is 45.6 Å². The summed E-state index contributed by atoms with van der Waals surface area (Å²) in [6, 6.07) is 8.71. The van der Waals surface area contributed by atoms with E-state index in [9.17, 15) is 20.0 Å². The van der Waals surface area contributed by atoms with Crippen molar-refractivity contribution in [2.75, 3.05) is 11.1 Å². The third-order valence-electron chi connectivity index (χ3n) is 4.30. The van der Waals surface area contributed by atoms with Gasteiger partial charge in [-0.05, 0) is 18.4 Å². The molecule has 0 amide bonds. The Bertz CT molecular complexity index is 1090. The second-order valence-electron chi connectivity index (χ2n) is 6.80. The van der Waals surface area contributed by atoms with Gasteiger partial charge in [-0.15, -0.1) is 22.7 Å². The van der Waals surface area contributed by atoms with Gasteiger partial charge in [-0.2, -0.15) is 5.26 Å². The highest BCUT2D eigenvalue weighted by Crippen LogP contribution is 2.39. The van der Waals surface area contributed by atoms with Crippen LogP contribution in [0.15, 0.2) is 29.6 Å². The number of nitriles is 1. The molecule has 2 heterocycles. The first-order valence-corrected chi connectivity index (χ1v) is 10.4. The predicted octanol–water partition coefficient (Wildman–Crippen LogP) is 4.56. The fraction of sp³-hybridized carbons (Fsp3) is 0.250. The zero-order valence-corrected chi connectivity index (χ0v) is 17.0. The van der Waals surface area contributed by atoms with Crippen LogP contribution in [0.5, 0.6) is 0 Å². The summed E-state index contributed by atoms with van der Waals surface area (Å²) in [6.45, 7) is 3.84. The molecule has 0 aliphatic rings. The van der Waals surface area contributed by atoms with E-state index in [2.05, 4.69) is 5.32 Å². The van der Waals surface area contributed by atoms with Gasteiger partial charge in [-0.3, -0.25) is 4.79 Å². The van der Waals surface area contributed by atoms with E-state index in [-0.39, 0.29) is 27.8 Å². The van der Waals surface area contributed by atoms with E-state index in [0.717, 1.165) is 21.4 Å². The van der Waals surface area contributed by atoms with Gasteiger partial charge in [0.05, 0.1) is 5.69 Å². The molecule has 0 fully saturated rings. The molecule has 1 atom stereocenters. The van der Waals surface area contributed by atoms with Crippen LogP contribution in [0.1, 0.15) is 41.1 Å². The van der Waals surface area contributed by atoms with Gasteiger partial charge in [0, 0.05) is 21.0 Å². The Morgan fingerprint density at radius 3 is 2.68 bits per heavy atom. The average Bonchev–Trinajstić information content (AvgIpc) is 3.21. The van der Waals surface area contributed by atoms with Crippen LogP contribution < -0.4 is 11.1 Å². The summed E-state index contributed by atoms with van der Waals surface area (Å²) in [6.07, 6.45) is 0.385. The Balaban J connectivity index is 2.00. The molecular formula is C20H19N3O3S2. The number of ketones is 1. The number of nitrogens with one attached hydrogen (secondary N) is 1. The van der Waals surface area contributed by atoms with Crippen LogP contribution in [0, 0.1) is 17.2 Å². The van der Waals surface area contributed by atoms with Crippen LogP contribution in [0.4, 0.5) is 10.7 Å².